The molecule has 0 N–H and O–H groups in total. The van der Waals surface area contributed by atoms with Crippen LogP contribution in [0.15, 0.2) is 144 Å². The van der Waals surface area contributed by atoms with Crippen molar-refractivity contribution in [3.63, 3.8) is 0 Å². The molecule has 184 valence electrons. The van der Waals surface area contributed by atoms with Gasteiger partial charge < -0.3 is 4.42 Å². The maximum absolute atomic E-state index is 6.18. The van der Waals surface area contributed by atoms with Gasteiger partial charge in [0.2, 0.25) is 5.89 Å². The van der Waals surface area contributed by atoms with Crippen LogP contribution in [-0.2, 0) is 0 Å². The van der Waals surface area contributed by atoms with Crippen LogP contribution in [0.25, 0.3) is 67.6 Å². The number of hydrogen-bond donors (Lipinski definition) is 0. The van der Waals surface area contributed by atoms with Gasteiger partial charge in [0.15, 0.2) is 11.4 Å². The summed E-state index contributed by atoms with van der Waals surface area (Å²) in [5.74, 6) is 1.29. The number of rotatable bonds is 5. The Bertz CT molecular complexity index is 1840. The van der Waals surface area contributed by atoms with E-state index in [4.69, 9.17) is 19.4 Å². The predicted octanol–water partition coefficient (Wildman–Crippen LogP) is 8.95. The van der Waals surface area contributed by atoms with Crippen LogP contribution in [0.5, 0.6) is 0 Å². The number of para-hydroxylation sites is 1. The first-order valence-electron chi connectivity index (χ1n) is 12.9. The van der Waals surface area contributed by atoms with Gasteiger partial charge in [0.1, 0.15) is 5.52 Å². The van der Waals surface area contributed by atoms with Gasteiger partial charge in [-0.25, -0.2) is 15.0 Å². The average molecular weight is 502 g/mol. The molecule has 0 unspecified atom stereocenters. The number of oxazole rings is 1. The Balaban J connectivity index is 1.43. The molecule has 0 amide bonds. The Morgan fingerprint density at radius 3 is 1.69 bits per heavy atom. The molecule has 0 spiro atoms. The van der Waals surface area contributed by atoms with Gasteiger partial charge in [0.25, 0.3) is 0 Å². The average Bonchev–Trinajstić information content (AvgIpc) is 3.47. The molecule has 7 rings (SSSR count). The maximum atomic E-state index is 6.18. The summed E-state index contributed by atoms with van der Waals surface area (Å²) in [6.07, 6.45) is 0. The van der Waals surface area contributed by atoms with Gasteiger partial charge in [-0.2, -0.15) is 0 Å². The lowest BCUT2D eigenvalue weighted by molar-refractivity contribution is 0.620. The van der Waals surface area contributed by atoms with E-state index in [0.29, 0.717) is 11.7 Å². The highest BCUT2D eigenvalue weighted by Crippen LogP contribution is 2.38. The molecular formula is C35H23N3O. The van der Waals surface area contributed by atoms with Crippen molar-refractivity contribution >= 4 is 11.1 Å². The van der Waals surface area contributed by atoms with Crippen LogP contribution in [0.3, 0.4) is 0 Å². The zero-order chi connectivity index (χ0) is 26.0. The largest absolute Gasteiger partial charge is 0.436 e. The van der Waals surface area contributed by atoms with E-state index in [1.54, 1.807) is 0 Å². The third-order valence-electron chi connectivity index (χ3n) is 6.76. The van der Waals surface area contributed by atoms with Crippen LogP contribution in [0, 0.1) is 0 Å². The standard InChI is InChI=1S/C35H23N3O/c1-4-13-24(14-5-1)30-23-31(37-34(36-30)25-15-6-2-7-16-25)28-20-11-10-19-27(28)29-21-12-22-32-33(29)38-35(39-32)26-17-8-3-9-18-26/h1-23H. The SMILES string of the molecule is c1ccc(-c2cc(-c3ccccc3-c3cccc4oc(-c5ccccc5)nc34)nc(-c3ccccc3)n2)cc1. The molecule has 5 aromatic carbocycles. The molecule has 4 nitrogen and oxygen atoms in total. The fraction of sp³-hybridized carbons (Fsp3) is 0. The summed E-state index contributed by atoms with van der Waals surface area (Å²) in [6, 6.07) is 46.8. The molecule has 0 atom stereocenters. The molecule has 39 heavy (non-hydrogen) atoms. The topological polar surface area (TPSA) is 51.8 Å². The van der Waals surface area contributed by atoms with Crippen molar-refractivity contribution in [2.45, 2.75) is 0 Å². The second kappa shape index (κ2) is 9.84. The number of fused-ring (bicyclic) bond motifs is 1. The Hall–Kier alpha value is -5.35. The van der Waals surface area contributed by atoms with E-state index in [1.165, 1.54) is 0 Å². The van der Waals surface area contributed by atoms with E-state index in [2.05, 4.69) is 36.4 Å². The van der Waals surface area contributed by atoms with Crippen LogP contribution < -0.4 is 0 Å². The summed E-state index contributed by atoms with van der Waals surface area (Å²) < 4.78 is 6.18. The predicted molar refractivity (Wildman–Crippen MR) is 157 cm³/mol. The number of hydrogen-bond acceptors (Lipinski definition) is 4. The summed E-state index contributed by atoms with van der Waals surface area (Å²) in [4.78, 5) is 14.9. The minimum absolute atomic E-state index is 0.607. The second-order valence-electron chi connectivity index (χ2n) is 9.28. The smallest absolute Gasteiger partial charge is 0.227 e. The Morgan fingerprint density at radius 2 is 0.974 bits per heavy atom. The zero-order valence-electron chi connectivity index (χ0n) is 21.0. The molecule has 0 saturated carbocycles. The molecular weight excluding hydrogens is 478 g/mol. The van der Waals surface area contributed by atoms with Crippen LogP contribution >= 0.6 is 0 Å². The highest BCUT2D eigenvalue weighted by Gasteiger charge is 2.18. The molecule has 0 radical (unpaired) electrons. The molecule has 0 aliphatic heterocycles. The summed E-state index contributed by atoms with van der Waals surface area (Å²) in [7, 11) is 0. The van der Waals surface area contributed by atoms with Gasteiger partial charge in [-0.05, 0) is 29.8 Å². The first-order valence-corrected chi connectivity index (χ1v) is 12.9. The molecule has 2 aromatic heterocycles. The second-order valence-corrected chi connectivity index (χ2v) is 9.28. The fourth-order valence-corrected chi connectivity index (χ4v) is 4.87. The van der Waals surface area contributed by atoms with E-state index in [9.17, 15) is 0 Å². The van der Waals surface area contributed by atoms with Gasteiger partial charge in [0.05, 0.1) is 11.4 Å². The maximum Gasteiger partial charge on any atom is 0.227 e. The third kappa shape index (κ3) is 4.38. The van der Waals surface area contributed by atoms with Crippen molar-refractivity contribution in [1.82, 2.24) is 15.0 Å². The number of benzene rings is 5. The normalized spacial score (nSPS) is 11.1. The Kier molecular flexibility index (Phi) is 5.76. The van der Waals surface area contributed by atoms with Gasteiger partial charge in [0, 0.05) is 27.8 Å². The molecule has 7 aromatic rings. The van der Waals surface area contributed by atoms with Crippen molar-refractivity contribution in [3.8, 4) is 56.5 Å². The van der Waals surface area contributed by atoms with Crippen LogP contribution in [0.1, 0.15) is 0 Å². The van der Waals surface area contributed by atoms with E-state index in [1.807, 2.05) is 103 Å². The lowest BCUT2D eigenvalue weighted by atomic mass is 9.95. The fourth-order valence-electron chi connectivity index (χ4n) is 4.87. The first kappa shape index (κ1) is 22.8. The molecule has 0 bridgehead atoms. The summed E-state index contributed by atoms with van der Waals surface area (Å²) in [5, 5.41) is 0. The molecule has 4 heteroatoms. The van der Waals surface area contributed by atoms with Crippen LogP contribution in [0.4, 0.5) is 0 Å². The van der Waals surface area contributed by atoms with Gasteiger partial charge in [-0.1, -0.05) is 115 Å². The Labute approximate surface area is 226 Å². The van der Waals surface area contributed by atoms with Crippen LogP contribution in [0.2, 0.25) is 0 Å². The van der Waals surface area contributed by atoms with Crippen molar-refractivity contribution < 1.29 is 4.42 Å². The first-order chi connectivity index (χ1) is 19.3. The highest BCUT2D eigenvalue weighted by atomic mass is 16.3. The van der Waals surface area contributed by atoms with Crippen LogP contribution in [-0.4, -0.2) is 15.0 Å². The molecule has 0 fully saturated rings. The third-order valence-corrected chi connectivity index (χ3v) is 6.76. The minimum Gasteiger partial charge on any atom is -0.436 e. The molecule has 0 aliphatic rings. The van der Waals surface area contributed by atoms with Gasteiger partial charge in [-0.3, -0.25) is 0 Å². The zero-order valence-corrected chi connectivity index (χ0v) is 21.0. The lowest BCUT2D eigenvalue weighted by Crippen LogP contribution is -1.97. The number of aromatic nitrogens is 3. The molecule has 0 saturated heterocycles. The monoisotopic (exact) mass is 501 g/mol. The van der Waals surface area contributed by atoms with Crippen molar-refractivity contribution in [2.75, 3.05) is 0 Å². The van der Waals surface area contributed by atoms with E-state index in [-0.39, 0.29) is 0 Å². The Morgan fingerprint density at radius 1 is 0.410 bits per heavy atom. The van der Waals surface area contributed by atoms with E-state index >= 15 is 0 Å². The van der Waals surface area contributed by atoms with Crippen molar-refractivity contribution in [3.05, 3.63) is 140 Å². The van der Waals surface area contributed by atoms with E-state index in [0.717, 1.165) is 55.9 Å². The van der Waals surface area contributed by atoms with E-state index < -0.39 is 0 Å². The number of nitrogens with zero attached hydrogens (tertiary/aromatic N) is 3. The lowest BCUT2D eigenvalue weighted by Gasteiger charge is -2.13. The summed E-state index contributed by atoms with van der Waals surface area (Å²) in [6.45, 7) is 0. The van der Waals surface area contributed by atoms with Gasteiger partial charge in [-0.15, -0.1) is 0 Å². The minimum atomic E-state index is 0.607. The van der Waals surface area contributed by atoms with Crippen molar-refractivity contribution in [1.29, 1.82) is 0 Å². The summed E-state index contributed by atoms with van der Waals surface area (Å²) in [5.41, 5.74) is 9.30. The van der Waals surface area contributed by atoms with Gasteiger partial charge >= 0.3 is 0 Å². The summed E-state index contributed by atoms with van der Waals surface area (Å²) >= 11 is 0. The highest BCUT2D eigenvalue weighted by molar-refractivity contribution is 5.97. The van der Waals surface area contributed by atoms with Crippen molar-refractivity contribution in [2.24, 2.45) is 0 Å². The molecule has 2 heterocycles. The molecule has 0 aliphatic carbocycles. The quantitative estimate of drug-likeness (QED) is 0.236.